The van der Waals surface area contributed by atoms with E-state index in [0.29, 0.717) is 5.56 Å². The molecule has 0 spiro atoms. The first-order valence-corrected chi connectivity index (χ1v) is 6.56. The van der Waals surface area contributed by atoms with Crippen LogP contribution < -0.4 is 10.6 Å². The van der Waals surface area contributed by atoms with Gasteiger partial charge in [-0.05, 0) is 18.9 Å². The second-order valence-corrected chi connectivity index (χ2v) is 4.90. The highest BCUT2D eigenvalue weighted by Crippen LogP contribution is 2.34. The fourth-order valence-electron chi connectivity index (χ4n) is 2.85. The summed E-state index contributed by atoms with van der Waals surface area (Å²) in [6, 6.07) is 9.46. The molecule has 1 aliphatic heterocycles. The van der Waals surface area contributed by atoms with Crippen LogP contribution in [0.15, 0.2) is 30.5 Å². The lowest BCUT2D eigenvalue weighted by molar-refractivity contribution is -0.119. The van der Waals surface area contributed by atoms with Crippen molar-refractivity contribution in [3.63, 3.8) is 0 Å². The molecule has 5 nitrogen and oxygen atoms in total. The zero-order chi connectivity index (χ0) is 14.1. The number of benzene rings is 1. The van der Waals surface area contributed by atoms with Gasteiger partial charge in [-0.15, -0.1) is 0 Å². The van der Waals surface area contributed by atoms with Gasteiger partial charge in [0.25, 0.3) is 0 Å². The number of hydrogen-bond acceptors (Lipinski definition) is 4. The van der Waals surface area contributed by atoms with Gasteiger partial charge in [0.1, 0.15) is 12.1 Å². The molecule has 0 saturated carbocycles. The van der Waals surface area contributed by atoms with Crippen molar-refractivity contribution in [3.05, 3.63) is 36.0 Å². The van der Waals surface area contributed by atoms with Crippen LogP contribution >= 0.6 is 0 Å². The average Bonchev–Trinajstić information content (AvgIpc) is 2.95. The van der Waals surface area contributed by atoms with Gasteiger partial charge in [0.05, 0.1) is 16.8 Å². The van der Waals surface area contributed by atoms with Crippen molar-refractivity contribution < 1.29 is 4.79 Å². The van der Waals surface area contributed by atoms with E-state index in [2.05, 4.69) is 11.1 Å². The van der Waals surface area contributed by atoms with Crippen molar-refractivity contribution in [2.75, 3.05) is 11.4 Å². The number of primary amides is 1. The maximum atomic E-state index is 11.6. The highest BCUT2D eigenvalue weighted by atomic mass is 16.1. The zero-order valence-corrected chi connectivity index (χ0v) is 10.9. The lowest BCUT2D eigenvalue weighted by Crippen LogP contribution is -2.40. The van der Waals surface area contributed by atoms with Gasteiger partial charge in [0.2, 0.25) is 5.91 Å². The molecule has 1 atom stereocenters. The van der Waals surface area contributed by atoms with Gasteiger partial charge in [-0.1, -0.05) is 18.2 Å². The number of carbonyl (C=O) groups is 1. The second-order valence-electron chi connectivity index (χ2n) is 4.90. The van der Waals surface area contributed by atoms with Crippen LogP contribution in [0.25, 0.3) is 10.9 Å². The van der Waals surface area contributed by atoms with Crippen molar-refractivity contribution in [1.82, 2.24) is 4.98 Å². The molecule has 2 heterocycles. The number of rotatable bonds is 2. The molecule has 0 bridgehead atoms. The molecule has 1 amide bonds. The van der Waals surface area contributed by atoms with Crippen LogP contribution in [-0.2, 0) is 4.79 Å². The van der Waals surface area contributed by atoms with Crippen molar-refractivity contribution in [3.8, 4) is 6.07 Å². The van der Waals surface area contributed by atoms with Crippen LogP contribution in [0.2, 0.25) is 0 Å². The summed E-state index contributed by atoms with van der Waals surface area (Å²) in [5, 5.41) is 10.2. The number of pyridine rings is 1. The molecule has 20 heavy (non-hydrogen) atoms. The van der Waals surface area contributed by atoms with Crippen LogP contribution in [0, 0.1) is 11.3 Å². The maximum absolute atomic E-state index is 11.6. The topological polar surface area (TPSA) is 83.0 Å². The van der Waals surface area contributed by atoms with Gasteiger partial charge in [-0.25, -0.2) is 0 Å². The van der Waals surface area contributed by atoms with E-state index >= 15 is 0 Å². The first-order valence-electron chi connectivity index (χ1n) is 6.56. The molecule has 1 fully saturated rings. The maximum Gasteiger partial charge on any atom is 0.240 e. The molecule has 2 aromatic rings. The Labute approximate surface area is 116 Å². The predicted octanol–water partition coefficient (Wildman–Crippen LogP) is 1.56. The molecule has 1 aromatic carbocycles. The van der Waals surface area contributed by atoms with Gasteiger partial charge in [0.15, 0.2) is 0 Å². The van der Waals surface area contributed by atoms with E-state index < -0.39 is 0 Å². The molecule has 1 aliphatic rings. The van der Waals surface area contributed by atoms with Crippen LogP contribution in [-0.4, -0.2) is 23.5 Å². The summed E-state index contributed by atoms with van der Waals surface area (Å²) in [6.45, 7) is 0.732. The quantitative estimate of drug-likeness (QED) is 0.894. The molecule has 0 radical (unpaired) electrons. The number of hydrogen-bond donors (Lipinski definition) is 1. The Morgan fingerprint density at radius 2 is 2.25 bits per heavy atom. The molecule has 0 aliphatic carbocycles. The fraction of sp³-hybridized carbons (Fsp3) is 0.267. The summed E-state index contributed by atoms with van der Waals surface area (Å²) in [7, 11) is 0. The molecule has 100 valence electrons. The lowest BCUT2D eigenvalue weighted by atomic mass is 10.1. The lowest BCUT2D eigenvalue weighted by Gasteiger charge is -2.26. The highest BCUT2D eigenvalue weighted by Gasteiger charge is 2.31. The Kier molecular flexibility index (Phi) is 2.99. The van der Waals surface area contributed by atoms with Gasteiger partial charge < -0.3 is 10.6 Å². The third kappa shape index (κ3) is 1.86. The van der Waals surface area contributed by atoms with Crippen LogP contribution in [0.5, 0.6) is 0 Å². The second kappa shape index (κ2) is 4.82. The number of fused-ring (bicyclic) bond motifs is 1. The Morgan fingerprint density at radius 1 is 1.45 bits per heavy atom. The molecular formula is C15H14N4O. The van der Waals surface area contributed by atoms with E-state index in [9.17, 15) is 10.1 Å². The SMILES string of the molecule is N#Cc1cnc2ccccc2c1N1CCCC1C(N)=O. The van der Waals surface area contributed by atoms with Crippen molar-refractivity contribution in [2.24, 2.45) is 5.73 Å². The van der Waals surface area contributed by atoms with E-state index in [0.717, 1.165) is 36.0 Å². The first-order chi connectivity index (χ1) is 9.72. The van der Waals surface area contributed by atoms with Crippen LogP contribution in [0.4, 0.5) is 5.69 Å². The van der Waals surface area contributed by atoms with Crippen molar-refractivity contribution in [1.29, 1.82) is 5.26 Å². The Morgan fingerprint density at radius 3 is 3.00 bits per heavy atom. The molecule has 1 unspecified atom stereocenters. The summed E-state index contributed by atoms with van der Waals surface area (Å²) in [5.74, 6) is -0.340. The molecule has 1 aromatic heterocycles. The number of nitrogens with zero attached hydrogens (tertiary/aromatic N) is 3. The number of amides is 1. The van der Waals surface area contributed by atoms with Crippen LogP contribution in [0.1, 0.15) is 18.4 Å². The number of nitriles is 1. The summed E-state index contributed by atoms with van der Waals surface area (Å²) >= 11 is 0. The highest BCUT2D eigenvalue weighted by molar-refractivity contribution is 5.97. The predicted molar refractivity (Wildman–Crippen MR) is 76.0 cm³/mol. The Balaban J connectivity index is 2.24. The number of carbonyl (C=O) groups excluding carboxylic acids is 1. The molecular weight excluding hydrogens is 252 g/mol. The summed E-state index contributed by atoms with van der Waals surface area (Å²) in [5.41, 5.74) is 7.56. The average molecular weight is 266 g/mol. The normalized spacial score (nSPS) is 18.1. The van der Waals surface area contributed by atoms with Crippen LogP contribution in [0.3, 0.4) is 0 Å². The van der Waals surface area contributed by atoms with Crippen molar-refractivity contribution >= 4 is 22.5 Å². The zero-order valence-electron chi connectivity index (χ0n) is 10.9. The number of aromatic nitrogens is 1. The van der Waals surface area contributed by atoms with Crippen molar-refractivity contribution in [2.45, 2.75) is 18.9 Å². The standard InChI is InChI=1S/C15H14N4O/c16-8-10-9-18-12-5-2-1-4-11(12)14(10)19-7-3-6-13(19)15(17)20/h1-2,4-5,9,13H,3,6-7H2,(H2,17,20). The van der Waals surface area contributed by atoms with E-state index in [1.165, 1.54) is 0 Å². The third-order valence-electron chi connectivity index (χ3n) is 3.74. The first kappa shape index (κ1) is 12.4. The minimum atomic E-state index is -0.340. The van der Waals surface area contributed by atoms with E-state index in [1.807, 2.05) is 29.2 Å². The van der Waals surface area contributed by atoms with E-state index in [1.54, 1.807) is 6.20 Å². The van der Waals surface area contributed by atoms with Gasteiger partial charge in [-0.2, -0.15) is 5.26 Å². The summed E-state index contributed by atoms with van der Waals surface area (Å²) in [4.78, 5) is 17.8. The number of nitrogens with two attached hydrogens (primary N) is 1. The molecule has 3 rings (SSSR count). The van der Waals surface area contributed by atoms with Gasteiger partial charge >= 0.3 is 0 Å². The minimum absolute atomic E-state index is 0.340. The Bertz CT molecular complexity index is 719. The molecule has 5 heteroatoms. The largest absolute Gasteiger partial charge is 0.368 e. The van der Waals surface area contributed by atoms with Gasteiger partial charge in [0, 0.05) is 18.1 Å². The smallest absolute Gasteiger partial charge is 0.240 e. The molecule has 2 N–H and O–H groups in total. The minimum Gasteiger partial charge on any atom is -0.368 e. The third-order valence-corrected chi connectivity index (χ3v) is 3.74. The van der Waals surface area contributed by atoms with E-state index in [4.69, 9.17) is 5.73 Å². The fourth-order valence-corrected chi connectivity index (χ4v) is 2.85. The summed E-state index contributed by atoms with van der Waals surface area (Å²) in [6.07, 6.45) is 3.19. The van der Waals surface area contributed by atoms with Gasteiger partial charge in [-0.3, -0.25) is 9.78 Å². The monoisotopic (exact) mass is 266 g/mol. The molecule has 1 saturated heterocycles. The Hall–Kier alpha value is -2.61. The van der Waals surface area contributed by atoms with E-state index in [-0.39, 0.29) is 11.9 Å². The number of anilines is 1. The summed E-state index contributed by atoms with van der Waals surface area (Å²) < 4.78 is 0. The number of para-hydroxylation sites is 1.